The number of halogens is 4. The summed E-state index contributed by atoms with van der Waals surface area (Å²) in [5, 5.41) is 0. The van der Waals surface area contributed by atoms with Crippen LogP contribution in [0.2, 0.25) is 0 Å². The molecule has 3 aromatic rings. The number of benzene rings is 2. The van der Waals surface area contributed by atoms with E-state index in [1.807, 2.05) is 44.2 Å². The zero-order chi connectivity index (χ0) is 24.7. The number of amides is 2. The number of hydrogen-bond acceptors (Lipinski definition) is 4. The van der Waals surface area contributed by atoms with Gasteiger partial charge in [0.2, 0.25) is 0 Å². The smallest absolute Gasteiger partial charge is 0.421 e. The fourth-order valence-electron chi connectivity index (χ4n) is 3.32. The average Bonchev–Trinajstić information content (AvgIpc) is 3.12. The molecule has 0 saturated heterocycles. The second-order valence-electron chi connectivity index (χ2n) is 7.96. The molecule has 0 N–H and O–H groups in total. The van der Waals surface area contributed by atoms with E-state index in [9.17, 15) is 22.4 Å². The Kier molecular flexibility index (Phi) is 6.15. The largest absolute Gasteiger partial charge is 0.507 e. The van der Waals surface area contributed by atoms with Gasteiger partial charge in [-0.3, -0.25) is 4.57 Å². The van der Waals surface area contributed by atoms with Gasteiger partial charge in [0.1, 0.15) is 0 Å². The summed E-state index contributed by atoms with van der Waals surface area (Å²) in [5.41, 5.74) is 1.23. The van der Waals surface area contributed by atoms with Crippen molar-refractivity contribution in [2.24, 2.45) is 4.99 Å². The van der Waals surface area contributed by atoms with Crippen LogP contribution in [0.4, 0.5) is 22.4 Å². The number of hydrogen-bond donors (Lipinski definition) is 0. The van der Waals surface area contributed by atoms with Crippen LogP contribution < -0.4 is 14.3 Å². The minimum atomic E-state index is -4.83. The molecule has 2 amide bonds. The molecule has 2 aromatic carbocycles. The van der Waals surface area contributed by atoms with Crippen LogP contribution >= 0.6 is 11.3 Å². The molecule has 0 aliphatic carbocycles. The molecule has 0 atom stereocenters. The lowest BCUT2D eigenvalue weighted by atomic mass is 10.2. The maximum Gasteiger partial charge on any atom is 0.507 e. The molecule has 1 aliphatic heterocycles. The molecule has 34 heavy (non-hydrogen) atoms. The highest BCUT2D eigenvalue weighted by atomic mass is 32.1. The molecule has 2 heterocycles. The number of carbonyl (C=O) groups is 1. The van der Waals surface area contributed by atoms with Crippen molar-refractivity contribution in [3.63, 3.8) is 0 Å². The Balaban J connectivity index is 1.69. The lowest BCUT2D eigenvalue weighted by molar-refractivity contribution is -0.391. The summed E-state index contributed by atoms with van der Waals surface area (Å²) in [6.07, 6.45) is -7.96. The predicted molar refractivity (Wildman–Crippen MR) is 118 cm³/mol. The molecule has 0 saturated carbocycles. The first-order valence-electron chi connectivity index (χ1n) is 10.3. The van der Waals surface area contributed by atoms with Gasteiger partial charge in [-0.25, -0.2) is 4.79 Å². The zero-order valence-corrected chi connectivity index (χ0v) is 19.3. The van der Waals surface area contributed by atoms with Gasteiger partial charge in [-0.2, -0.15) is 22.6 Å². The molecule has 1 aromatic heterocycles. The van der Waals surface area contributed by atoms with Crippen LogP contribution in [-0.4, -0.2) is 33.8 Å². The number of fused-ring (bicyclic) bond motifs is 1. The van der Waals surface area contributed by atoms with Gasteiger partial charge in [0, 0.05) is 29.7 Å². The van der Waals surface area contributed by atoms with E-state index in [0.717, 1.165) is 22.6 Å². The van der Waals surface area contributed by atoms with Crippen LogP contribution in [0.1, 0.15) is 24.3 Å². The fraction of sp³-hybridized carbons (Fsp3) is 0.304. The van der Waals surface area contributed by atoms with Gasteiger partial charge in [-0.1, -0.05) is 30.3 Å². The number of thiazole rings is 1. The Hall–Kier alpha value is -3.34. The first-order chi connectivity index (χ1) is 16.0. The third-order valence-electron chi connectivity index (χ3n) is 5.05. The van der Waals surface area contributed by atoms with Crippen LogP contribution in [0, 0.1) is 6.92 Å². The SMILES string of the molecule is Cc1cn(-c2ccc3c(c2)OC(F)(F)C(F)(F)O3)c(=NC(=O)N(Cc2ccccc2)C(C)C)s1. The topological polar surface area (TPSA) is 56.1 Å². The Morgan fingerprint density at radius 3 is 2.35 bits per heavy atom. The summed E-state index contributed by atoms with van der Waals surface area (Å²) in [6, 6.07) is 12.5. The predicted octanol–water partition coefficient (Wildman–Crippen LogP) is 5.74. The van der Waals surface area contributed by atoms with Gasteiger partial charge >= 0.3 is 18.2 Å². The third kappa shape index (κ3) is 4.65. The number of carbonyl (C=O) groups excluding carboxylic acids is 1. The van der Waals surface area contributed by atoms with Gasteiger partial charge in [0.25, 0.3) is 0 Å². The standard InChI is InChI=1S/C23H21F4N3O3S/c1-14(2)29(13-16-7-5-4-6-8-16)20(31)28-21-30(12-15(3)34-21)17-9-10-18-19(11-17)33-23(26,27)22(24,25)32-18/h4-12,14H,13H2,1-3H3. The van der Waals surface area contributed by atoms with E-state index in [1.54, 1.807) is 18.0 Å². The number of aromatic nitrogens is 1. The molecule has 180 valence electrons. The molecule has 0 fully saturated rings. The Labute approximate surface area is 196 Å². The second-order valence-corrected chi connectivity index (χ2v) is 9.18. The summed E-state index contributed by atoms with van der Waals surface area (Å²) < 4.78 is 64.0. The van der Waals surface area contributed by atoms with E-state index < -0.39 is 29.7 Å². The number of alkyl halides is 4. The molecule has 0 unspecified atom stereocenters. The molecular weight excluding hydrogens is 474 g/mol. The summed E-state index contributed by atoms with van der Waals surface area (Å²) in [7, 11) is 0. The van der Waals surface area contributed by atoms with Crippen LogP contribution in [0.5, 0.6) is 11.5 Å². The number of urea groups is 1. The number of aryl methyl sites for hydroxylation is 1. The van der Waals surface area contributed by atoms with Crippen molar-refractivity contribution >= 4 is 17.4 Å². The molecular formula is C23H21F4N3O3S. The lowest BCUT2D eigenvalue weighted by Crippen LogP contribution is -2.52. The Morgan fingerprint density at radius 2 is 1.71 bits per heavy atom. The van der Waals surface area contributed by atoms with E-state index in [1.165, 1.54) is 22.0 Å². The number of nitrogens with zero attached hydrogens (tertiary/aromatic N) is 3. The lowest BCUT2D eigenvalue weighted by Gasteiger charge is -2.31. The maximum atomic E-state index is 13.6. The van der Waals surface area contributed by atoms with E-state index in [2.05, 4.69) is 14.5 Å². The Bertz CT molecular complexity index is 1270. The molecule has 0 bridgehead atoms. The highest BCUT2D eigenvalue weighted by Crippen LogP contribution is 2.47. The maximum absolute atomic E-state index is 13.6. The first-order valence-corrected chi connectivity index (χ1v) is 11.1. The summed E-state index contributed by atoms with van der Waals surface area (Å²) in [4.78, 5) is 20.0. The first kappa shape index (κ1) is 23.8. The van der Waals surface area contributed by atoms with E-state index in [4.69, 9.17) is 0 Å². The highest BCUT2D eigenvalue weighted by Gasteiger charge is 2.65. The fourth-order valence-corrected chi connectivity index (χ4v) is 4.15. The quantitative estimate of drug-likeness (QED) is 0.434. The average molecular weight is 495 g/mol. The van der Waals surface area contributed by atoms with Crippen molar-refractivity contribution in [1.29, 1.82) is 0 Å². The van der Waals surface area contributed by atoms with Crippen molar-refractivity contribution in [3.8, 4) is 17.2 Å². The van der Waals surface area contributed by atoms with Crippen LogP contribution in [0.3, 0.4) is 0 Å². The van der Waals surface area contributed by atoms with Gasteiger partial charge in [-0.05, 0) is 38.5 Å². The normalized spacial score (nSPS) is 16.5. The Morgan fingerprint density at radius 1 is 1.06 bits per heavy atom. The number of ether oxygens (including phenoxy) is 2. The molecule has 1 aliphatic rings. The van der Waals surface area contributed by atoms with Crippen LogP contribution in [-0.2, 0) is 6.54 Å². The van der Waals surface area contributed by atoms with E-state index in [0.29, 0.717) is 12.2 Å². The number of rotatable bonds is 4. The third-order valence-corrected chi connectivity index (χ3v) is 5.94. The summed E-state index contributed by atoms with van der Waals surface area (Å²) in [6.45, 7) is 5.90. The molecule has 0 radical (unpaired) electrons. The zero-order valence-electron chi connectivity index (χ0n) is 18.5. The van der Waals surface area contributed by atoms with Gasteiger partial charge in [0.15, 0.2) is 16.3 Å². The molecule has 0 spiro atoms. The minimum absolute atomic E-state index is 0.135. The van der Waals surface area contributed by atoms with Gasteiger partial charge < -0.3 is 14.4 Å². The molecule has 6 nitrogen and oxygen atoms in total. The second kappa shape index (κ2) is 8.79. The molecule has 11 heteroatoms. The van der Waals surface area contributed by atoms with Crippen molar-refractivity contribution < 1.29 is 31.8 Å². The minimum Gasteiger partial charge on any atom is -0.421 e. The van der Waals surface area contributed by atoms with Crippen molar-refractivity contribution in [1.82, 2.24) is 9.47 Å². The summed E-state index contributed by atoms with van der Waals surface area (Å²) in [5.74, 6) is -1.06. The van der Waals surface area contributed by atoms with E-state index in [-0.39, 0.29) is 10.8 Å². The highest BCUT2D eigenvalue weighted by molar-refractivity contribution is 7.09. The van der Waals surface area contributed by atoms with Crippen LogP contribution in [0.15, 0.2) is 59.7 Å². The van der Waals surface area contributed by atoms with E-state index >= 15 is 0 Å². The molecule has 4 rings (SSSR count). The van der Waals surface area contributed by atoms with Crippen molar-refractivity contribution in [2.75, 3.05) is 0 Å². The summed E-state index contributed by atoms with van der Waals surface area (Å²) >= 11 is 1.22. The monoisotopic (exact) mass is 495 g/mol. The van der Waals surface area contributed by atoms with Crippen molar-refractivity contribution in [3.05, 3.63) is 70.0 Å². The van der Waals surface area contributed by atoms with Gasteiger partial charge in [0.05, 0.1) is 5.69 Å². The van der Waals surface area contributed by atoms with Crippen molar-refractivity contribution in [2.45, 2.75) is 45.6 Å². The van der Waals surface area contributed by atoms with Gasteiger partial charge in [-0.15, -0.1) is 11.3 Å². The van der Waals surface area contributed by atoms with Crippen LogP contribution in [0.25, 0.3) is 5.69 Å².